The summed E-state index contributed by atoms with van der Waals surface area (Å²) in [7, 11) is 1.28. The summed E-state index contributed by atoms with van der Waals surface area (Å²) in [4.78, 5) is 26.4. The number of carbonyl (C=O) groups is 2. The number of aromatic nitrogens is 1. The smallest absolute Gasteiger partial charge is 0.325 e. The Labute approximate surface area is 120 Å². The molecule has 1 amide bonds. The van der Waals surface area contributed by atoms with Gasteiger partial charge in [0.1, 0.15) is 6.54 Å². The number of H-pyrrole nitrogens is 1. The van der Waals surface area contributed by atoms with Gasteiger partial charge in [0.2, 0.25) is 0 Å². The predicted octanol–water partition coefficient (Wildman–Crippen LogP) is 2.22. The molecular weight excluding hydrogens is 268 g/mol. The summed E-state index contributed by atoms with van der Waals surface area (Å²) in [5.74, 6) is -0.774. The van der Waals surface area contributed by atoms with Crippen molar-refractivity contribution in [1.82, 2.24) is 10.3 Å². The van der Waals surface area contributed by atoms with E-state index >= 15 is 0 Å². The second-order valence-corrected chi connectivity index (χ2v) is 4.69. The molecule has 3 aromatic rings. The summed E-state index contributed by atoms with van der Waals surface area (Å²) in [5.41, 5.74) is 2.51. The molecular formula is C16H14N2O3. The van der Waals surface area contributed by atoms with Crippen molar-refractivity contribution in [3.63, 3.8) is 0 Å². The molecule has 5 heteroatoms. The molecule has 2 aromatic carbocycles. The number of benzene rings is 2. The molecule has 2 N–H and O–H groups in total. The van der Waals surface area contributed by atoms with Gasteiger partial charge in [0.25, 0.3) is 5.91 Å². The number of nitrogens with one attached hydrogen (secondary N) is 2. The lowest BCUT2D eigenvalue weighted by atomic mass is 10.1. The van der Waals surface area contributed by atoms with Crippen LogP contribution in [0.4, 0.5) is 0 Å². The molecule has 0 atom stereocenters. The van der Waals surface area contributed by atoms with E-state index in [-0.39, 0.29) is 12.5 Å². The molecule has 0 fully saturated rings. The van der Waals surface area contributed by atoms with E-state index in [1.807, 2.05) is 36.4 Å². The van der Waals surface area contributed by atoms with Crippen LogP contribution in [-0.4, -0.2) is 30.5 Å². The third kappa shape index (κ3) is 2.45. The molecule has 21 heavy (non-hydrogen) atoms. The van der Waals surface area contributed by atoms with Crippen LogP contribution < -0.4 is 5.32 Å². The molecule has 1 aromatic heterocycles. The Bertz CT molecular complexity index is 836. The van der Waals surface area contributed by atoms with Gasteiger partial charge in [-0.15, -0.1) is 0 Å². The predicted molar refractivity (Wildman–Crippen MR) is 80.2 cm³/mol. The molecule has 0 aliphatic carbocycles. The van der Waals surface area contributed by atoms with Gasteiger partial charge in [-0.3, -0.25) is 9.59 Å². The highest BCUT2D eigenvalue weighted by Crippen LogP contribution is 2.25. The number of hydrogen-bond acceptors (Lipinski definition) is 3. The first kappa shape index (κ1) is 13.2. The lowest BCUT2D eigenvalue weighted by molar-refractivity contribution is -0.139. The quantitative estimate of drug-likeness (QED) is 0.724. The normalized spacial score (nSPS) is 10.7. The molecule has 106 valence electrons. The molecule has 0 spiro atoms. The van der Waals surface area contributed by atoms with Gasteiger partial charge in [-0.2, -0.15) is 0 Å². The van der Waals surface area contributed by atoms with Gasteiger partial charge in [-0.25, -0.2) is 0 Å². The SMILES string of the molecule is COC(=O)CNC(=O)c1ccc2[nH]c3ccccc3c2c1. The number of carbonyl (C=O) groups excluding carboxylic acids is 2. The first-order chi connectivity index (χ1) is 10.2. The number of amides is 1. The van der Waals surface area contributed by atoms with Crippen LogP contribution in [0.15, 0.2) is 42.5 Å². The van der Waals surface area contributed by atoms with Crippen LogP contribution in [0.5, 0.6) is 0 Å². The van der Waals surface area contributed by atoms with Gasteiger partial charge in [0.15, 0.2) is 0 Å². The Balaban J connectivity index is 1.94. The van der Waals surface area contributed by atoms with Crippen LogP contribution in [0, 0.1) is 0 Å². The average molecular weight is 282 g/mol. The van der Waals surface area contributed by atoms with Crippen molar-refractivity contribution >= 4 is 33.7 Å². The molecule has 5 nitrogen and oxygen atoms in total. The minimum Gasteiger partial charge on any atom is -0.468 e. The van der Waals surface area contributed by atoms with Crippen LogP contribution >= 0.6 is 0 Å². The standard InChI is InChI=1S/C16H14N2O3/c1-21-15(19)9-17-16(20)10-6-7-14-12(8-10)11-4-2-3-5-13(11)18-14/h2-8,18H,9H2,1H3,(H,17,20). The molecule has 0 saturated heterocycles. The molecule has 0 bridgehead atoms. The van der Waals surface area contributed by atoms with Crippen molar-refractivity contribution in [2.75, 3.05) is 13.7 Å². The molecule has 0 unspecified atom stereocenters. The highest BCUT2D eigenvalue weighted by Gasteiger charge is 2.10. The molecule has 1 heterocycles. The third-order valence-corrected chi connectivity index (χ3v) is 3.39. The van der Waals surface area contributed by atoms with Crippen molar-refractivity contribution in [2.24, 2.45) is 0 Å². The van der Waals surface area contributed by atoms with Gasteiger partial charge in [-0.1, -0.05) is 18.2 Å². The highest BCUT2D eigenvalue weighted by molar-refractivity contribution is 6.10. The molecule has 0 saturated carbocycles. The van der Waals surface area contributed by atoms with E-state index in [4.69, 9.17) is 0 Å². The Hall–Kier alpha value is -2.82. The Morgan fingerprint density at radius 3 is 2.67 bits per heavy atom. The topological polar surface area (TPSA) is 71.2 Å². The largest absolute Gasteiger partial charge is 0.468 e. The highest BCUT2D eigenvalue weighted by atomic mass is 16.5. The van der Waals surface area contributed by atoms with Crippen LogP contribution in [-0.2, 0) is 9.53 Å². The molecule has 3 rings (SSSR count). The van der Waals surface area contributed by atoms with Crippen LogP contribution in [0.2, 0.25) is 0 Å². The van der Waals surface area contributed by atoms with Crippen molar-refractivity contribution in [1.29, 1.82) is 0 Å². The van der Waals surface area contributed by atoms with E-state index < -0.39 is 5.97 Å². The number of para-hydroxylation sites is 1. The summed E-state index contributed by atoms with van der Waals surface area (Å²) >= 11 is 0. The summed E-state index contributed by atoms with van der Waals surface area (Å²) in [6.07, 6.45) is 0. The first-order valence-corrected chi connectivity index (χ1v) is 6.54. The number of fused-ring (bicyclic) bond motifs is 3. The van der Waals surface area contributed by atoms with Crippen LogP contribution in [0.25, 0.3) is 21.8 Å². The van der Waals surface area contributed by atoms with Gasteiger partial charge in [-0.05, 0) is 24.3 Å². The fraction of sp³-hybridized carbons (Fsp3) is 0.125. The lowest BCUT2D eigenvalue weighted by Gasteiger charge is -2.04. The number of rotatable bonds is 3. The first-order valence-electron chi connectivity index (χ1n) is 6.54. The van der Waals surface area contributed by atoms with Gasteiger partial charge < -0.3 is 15.0 Å². The van der Waals surface area contributed by atoms with E-state index in [1.165, 1.54) is 7.11 Å². The van der Waals surface area contributed by atoms with Crippen molar-refractivity contribution in [3.8, 4) is 0 Å². The van der Waals surface area contributed by atoms with Gasteiger partial charge in [0, 0.05) is 27.4 Å². The number of esters is 1. The van der Waals surface area contributed by atoms with Gasteiger partial charge >= 0.3 is 5.97 Å². The number of ether oxygens (including phenoxy) is 1. The molecule has 0 aliphatic heterocycles. The second-order valence-electron chi connectivity index (χ2n) is 4.69. The Morgan fingerprint density at radius 1 is 1.10 bits per heavy atom. The van der Waals surface area contributed by atoms with Crippen LogP contribution in [0.1, 0.15) is 10.4 Å². The zero-order valence-corrected chi connectivity index (χ0v) is 11.5. The number of aromatic amines is 1. The fourth-order valence-electron chi connectivity index (χ4n) is 2.32. The monoisotopic (exact) mass is 282 g/mol. The Kier molecular flexibility index (Phi) is 3.31. The van der Waals surface area contributed by atoms with Crippen molar-refractivity contribution < 1.29 is 14.3 Å². The second kappa shape index (κ2) is 5.28. The summed E-state index contributed by atoms with van der Waals surface area (Å²) in [6, 6.07) is 13.3. The zero-order chi connectivity index (χ0) is 14.8. The molecule has 0 radical (unpaired) electrons. The fourth-order valence-corrected chi connectivity index (χ4v) is 2.32. The number of methoxy groups -OCH3 is 1. The summed E-state index contributed by atoms with van der Waals surface area (Å²) < 4.78 is 4.49. The number of hydrogen-bond donors (Lipinski definition) is 2. The van der Waals surface area contributed by atoms with E-state index in [1.54, 1.807) is 6.07 Å². The van der Waals surface area contributed by atoms with Crippen LogP contribution in [0.3, 0.4) is 0 Å². The minimum atomic E-state index is -0.475. The maximum absolute atomic E-state index is 12.0. The third-order valence-electron chi connectivity index (χ3n) is 3.39. The Morgan fingerprint density at radius 2 is 1.86 bits per heavy atom. The molecule has 0 aliphatic rings. The average Bonchev–Trinajstić information content (AvgIpc) is 2.90. The summed E-state index contributed by atoms with van der Waals surface area (Å²) in [5, 5.41) is 4.58. The zero-order valence-electron chi connectivity index (χ0n) is 11.5. The maximum atomic E-state index is 12.0. The van der Waals surface area contributed by atoms with E-state index in [0.29, 0.717) is 5.56 Å². The van der Waals surface area contributed by atoms with Gasteiger partial charge in [0.05, 0.1) is 7.11 Å². The summed E-state index contributed by atoms with van der Waals surface area (Å²) in [6.45, 7) is -0.138. The van der Waals surface area contributed by atoms with E-state index in [2.05, 4.69) is 15.0 Å². The minimum absolute atomic E-state index is 0.138. The maximum Gasteiger partial charge on any atom is 0.325 e. The van der Waals surface area contributed by atoms with E-state index in [9.17, 15) is 9.59 Å². The van der Waals surface area contributed by atoms with Crippen molar-refractivity contribution in [3.05, 3.63) is 48.0 Å². The van der Waals surface area contributed by atoms with Crippen molar-refractivity contribution in [2.45, 2.75) is 0 Å². The lowest BCUT2D eigenvalue weighted by Crippen LogP contribution is -2.30. The van der Waals surface area contributed by atoms with E-state index in [0.717, 1.165) is 21.8 Å².